The van der Waals surface area contributed by atoms with Crippen LogP contribution in [0.25, 0.3) is 10.9 Å². The predicted molar refractivity (Wildman–Crippen MR) is 80.4 cm³/mol. The van der Waals surface area contributed by atoms with Crippen LogP contribution in [0, 0.1) is 12.3 Å². The van der Waals surface area contributed by atoms with Crippen molar-refractivity contribution in [3.8, 4) is 12.3 Å². The highest BCUT2D eigenvalue weighted by Crippen LogP contribution is 2.19. The molecule has 1 heterocycles. The molecule has 0 aliphatic heterocycles. The summed E-state index contributed by atoms with van der Waals surface area (Å²) in [6.45, 7) is 1.35. The lowest BCUT2D eigenvalue weighted by atomic mass is 10.1. The molecule has 0 fully saturated rings. The second-order valence-corrected chi connectivity index (χ2v) is 4.51. The minimum atomic E-state index is 0.560. The van der Waals surface area contributed by atoms with Gasteiger partial charge in [-0.15, -0.1) is 12.3 Å². The van der Waals surface area contributed by atoms with Crippen LogP contribution in [0.5, 0.6) is 0 Å². The van der Waals surface area contributed by atoms with Gasteiger partial charge in [0.25, 0.3) is 0 Å². The Morgan fingerprint density at radius 2 is 2.32 bits per heavy atom. The average molecular weight is 253 g/mol. The summed E-state index contributed by atoms with van der Waals surface area (Å²) in [7, 11) is 1.89. The van der Waals surface area contributed by atoms with E-state index < -0.39 is 0 Å². The molecule has 2 aromatic rings. The number of hydrogen-bond acceptors (Lipinski definition) is 2. The predicted octanol–water partition coefficient (Wildman–Crippen LogP) is 2.23. The molecule has 2 rings (SSSR count). The average Bonchev–Trinajstić information content (AvgIpc) is 2.82. The van der Waals surface area contributed by atoms with E-state index >= 15 is 0 Å². The number of hydrogen-bond donors (Lipinski definition) is 2. The molecule has 0 saturated carbocycles. The number of nitrogens with zero attached hydrogens (tertiary/aromatic N) is 1. The van der Waals surface area contributed by atoms with E-state index in [0.717, 1.165) is 12.1 Å². The zero-order valence-electron chi connectivity index (χ0n) is 11.2. The van der Waals surface area contributed by atoms with Crippen molar-refractivity contribution < 1.29 is 0 Å². The molecule has 0 radical (unpaired) electrons. The number of fused-ring (bicyclic) bond motifs is 1. The Kier molecular flexibility index (Phi) is 4.27. The Labute approximate surface area is 114 Å². The summed E-state index contributed by atoms with van der Waals surface area (Å²) in [5.41, 5.74) is 9.22. The topological polar surface area (TPSA) is 43.0 Å². The molecule has 3 nitrogen and oxygen atoms in total. The van der Waals surface area contributed by atoms with Crippen molar-refractivity contribution in [2.75, 3.05) is 7.05 Å². The first-order valence-corrected chi connectivity index (χ1v) is 6.35. The summed E-state index contributed by atoms with van der Waals surface area (Å²) in [6.07, 6.45) is 10.1. The summed E-state index contributed by atoms with van der Waals surface area (Å²) in [5.74, 6) is 2.69. The van der Waals surface area contributed by atoms with Crippen LogP contribution in [0.15, 0.2) is 42.2 Å². The van der Waals surface area contributed by atoms with Crippen LogP contribution in [0.1, 0.15) is 12.0 Å². The van der Waals surface area contributed by atoms with Gasteiger partial charge in [-0.25, -0.2) is 0 Å². The van der Waals surface area contributed by atoms with Crippen LogP contribution in [0.3, 0.4) is 0 Å². The maximum absolute atomic E-state index is 5.70. The lowest BCUT2D eigenvalue weighted by Crippen LogP contribution is -2.04. The number of terminal acetylenes is 1. The van der Waals surface area contributed by atoms with Crippen molar-refractivity contribution in [3.63, 3.8) is 0 Å². The van der Waals surface area contributed by atoms with E-state index in [-0.39, 0.29) is 0 Å². The first-order chi connectivity index (χ1) is 9.28. The molecule has 0 unspecified atom stereocenters. The maximum atomic E-state index is 5.70. The number of nitrogens with one attached hydrogen (secondary N) is 1. The lowest BCUT2D eigenvalue weighted by Gasteiger charge is -2.09. The van der Waals surface area contributed by atoms with E-state index in [2.05, 4.69) is 46.3 Å². The number of benzene rings is 1. The summed E-state index contributed by atoms with van der Waals surface area (Å²) >= 11 is 0. The fraction of sp³-hybridized carbons (Fsp3) is 0.250. The normalized spacial score (nSPS) is 11.5. The van der Waals surface area contributed by atoms with Crippen molar-refractivity contribution in [2.45, 2.75) is 19.5 Å². The minimum Gasteiger partial charge on any atom is -0.394 e. The van der Waals surface area contributed by atoms with E-state index in [4.69, 9.17) is 12.2 Å². The van der Waals surface area contributed by atoms with Crippen molar-refractivity contribution in [3.05, 3.63) is 47.8 Å². The molecule has 0 aliphatic rings. The van der Waals surface area contributed by atoms with Crippen LogP contribution in [0.4, 0.5) is 0 Å². The molecule has 0 amide bonds. The standard InChI is InChI=1S/C16H19N3/c1-3-4-14(11-18-2)12-19-8-7-15-6-5-13(10-17)9-16(15)19/h1,5-9,11,18H,4,10,12,17H2,2H3/b14-11+. The quantitative estimate of drug-likeness (QED) is 0.802. The highest BCUT2D eigenvalue weighted by Gasteiger charge is 2.04. The van der Waals surface area contributed by atoms with Gasteiger partial charge in [0, 0.05) is 38.3 Å². The third-order valence-corrected chi connectivity index (χ3v) is 3.13. The molecule has 1 aromatic heterocycles. The van der Waals surface area contributed by atoms with Gasteiger partial charge in [-0.2, -0.15) is 0 Å². The Morgan fingerprint density at radius 1 is 1.47 bits per heavy atom. The van der Waals surface area contributed by atoms with E-state index in [1.54, 1.807) is 0 Å². The largest absolute Gasteiger partial charge is 0.394 e. The third kappa shape index (κ3) is 2.98. The number of aromatic nitrogens is 1. The van der Waals surface area contributed by atoms with Gasteiger partial charge in [0.1, 0.15) is 0 Å². The van der Waals surface area contributed by atoms with Gasteiger partial charge in [-0.1, -0.05) is 12.1 Å². The second kappa shape index (κ2) is 6.12. The third-order valence-electron chi connectivity index (χ3n) is 3.13. The number of allylic oxidation sites excluding steroid dienone is 1. The molecule has 0 bridgehead atoms. The number of nitrogens with two attached hydrogens (primary N) is 1. The zero-order valence-corrected chi connectivity index (χ0v) is 11.2. The van der Waals surface area contributed by atoms with Gasteiger partial charge < -0.3 is 15.6 Å². The Balaban J connectivity index is 2.34. The monoisotopic (exact) mass is 253 g/mol. The van der Waals surface area contributed by atoms with Crippen molar-refractivity contribution >= 4 is 10.9 Å². The first kappa shape index (κ1) is 13.3. The fourth-order valence-electron chi connectivity index (χ4n) is 2.20. The molecular formula is C16H19N3. The molecule has 0 saturated heterocycles. The van der Waals surface area contributed by atoms with E-state index in [9.17, 15) is 0 Å². The Morgan fingerprint density at radius 3 is 3.00 bits per heavy atom. The summed E-state index contributed by atoms with van der Waals surface area (Å²) in [4.78, 5) is 0. The van der Waals surface area contributed by atoms with Gasteiger partial charge in [0.05, 0.1) is 0 Å². The molecule has 3 heteroatoms. The lowest BCUT2D eigenvalue weighted by molar-refractivity contribution is 0.793. The molecule has 0 spiro atoms. The van der Waals surface area contributed by atoms with Gasteiger partial charge in [0.15, 0.2) is 0 Å². The molecule has 0 atom stereocenters. The van der Waals surface area contributed by atoms with Gasteiger partial charge >= 0.3 is 0 Å². The maximum Gasteiger partial charge on any atom is 0.0486 e. The SMILES string of the molecule is C#CC/C(=C\NC)Cn1ccc2ccc(CN)cc21. The number of rotatable bonds is 5. The molecule has 3 N–H and O–H groups in total. The highest BCUT2D eigenvalue weighted by molar-refractivity contribution is 5.80. The molecule has 98 valence electrons. The van der Waals surface area contributed by atoms with Crippen LogP contribution in [-0.4, -0.2) is 11.6 Å². The fourth-order valence-corrected chi connectivity index (χ4v) is 2.20. The van der Waals surface area contributed by atoms with Gasteiger partial charge in [-0.3, -0.25) is 0 Å². The van der Waals surface area contributed by atoms with Crippen LogP contribution in [0.2, 0.25) is 0 Å². The molecule has 19 heavy (non-hydrogen) atoms. The minimum absolute atomic E-state index is 0.560. The van der Waals surface area contributed by atoms with Crippen molar-refractivity contribution in [2.24, 2.45) is 5.73 Å². The van der Waals surface area contributed by atoms with Crippen LogP contribution < -0.4 is 11.1 Å². The smallest absolute Gasteiger partial charge is 0.0486 e. The molecule has 1 aromatic carbocycles. The summed E-state index contributed by atoms with van der Waals surface area (Å²) < 4.78 is 2.20. The summed E-state index contributed by atoms with van der Waals surface area (Å²) in [6, 6.07) is 8.43. The van der Waals surface area contributed by atoms with Crippen LogP contribution >= 0.6 is 0 Å². The first-order valence-electron chi connectivity index (χ1n) is 6.35. The van der Waals surface area contributed by atoms with Gasteiger partial charge in [0.2, 0.25) is 0 Å². The Hall–Kier alpha value is -2.18. The zero-order chi connectivity index (χ0) is 13.7. The van der Waals surface area contributed by atoms with Crippen molar-refractivity contribution in [1.82, 2.24) is 9.88 Å². The van der Waals surface area contributed by atoms with Crippen LogP contribution in [-0.2, 0) is 13.1 Å². The Bertz CT molecular complexity index is 629. The van der Waals surface area contributed by atoms with Gasteiger partial charge in [-0.05, 0) is 34.9 Å². The highest BCUT2D eigenvalue weighted by atomic mass is 15.0. The van der Waals surface area contributed by atoms with Crippen molar-refractivity contribution in [1.29, 1.82) is 0 Å². The summed E-state index contributed by atoms with van der Waals surface area (Å²) in [5, 5.41) is 4.27. The molecule has 0 aliphatic carbocycles. The van der Waals surface area contributed by atoms with E-state index in [1.807, 2.05) is 13.2 Å². The molecular weight excluding hydrogens is 234 g/mol. The second-order valence-electron chi connectivity index (χ2n) is 4.51. The van der Waals surface area contributed by atoms with E-state index in [0.29, 0.717) is 13.0 Å². The van der Waals surface area contributed by atoms with E-state index in [1.165, 1.54) is 16.5 Å².